The van der Waals surface area contributed by atoms with E-state index in [1.165, 1.54) is 11.3 Å². The molecule has 80 valence electrons. The van der Waals surface area contributed by atoms with Crippen LogP contribution in [0.2, 0.25) is 10.2 Å². The number of anilines is 2. The lowest BCUT2D eigenvalue weighted by molar-refractivity contribution is 1.38. The second kappa shape index (κ2) is 4.71. The van der Waals surface area contributed by atoms with Crippen molar-refractivity contribution in [3.8, 4) is 6.07 Å². The van der Waals surface area contributed by atoms with Gasteiger partial charge in [0, 0.05) is 10.4 Å². The topological polar surface area (TPSA) is 48.7 Å². The fourth-order valence-electron chi connectivity index (χ4n) is 1.14. The van der Waals surface area contributed by atoms with Crippen LogP contribution in [0.5, 0.6) is 0 Å². The van der Waals surface area contributed by atoms with Crippen molar-refractivity contribution in [1.29, 1.82) is 5.26 Å². The van der Waals surface area contributed by atoms with Crippen LogP contribution in [0.15, 0.2) is 23.6 Å². The van der Waals surface area contributed by atoms with Gasteiger partial charge in [-0.25, -0.2) is 4.98 Å². The van der Waals surface area contributed by atoms with Crippen LogP contribution in [0.1, 0.15) is 5.56 Å². The lowest BCUT2D eigenvalue weighted by Crippen LogP contribution is -1.92. The molecular weight excluding hydrogens is 265 g/mol. The molecule has 3 nitrogen and oxygen atoms in total. The van der Waals surface area contributed by atoms with Crippen LogP contribution in [0.25, 0.3) is 0 Å². The number of thiazole rings is 1. The summed E-state index contributed by atoms with van der Waals surface area (Å²) < 4.78 is 0. The first-order valence-electron chi connectivity index (χ1n) is 4.27. The second-order valence-electron chi connectivity index (χ2n) is 2.90. The first kappa shape index (κ1) is 11.2. The minimum atomic E-state index is 0.424. The van der Waals surface area contributed by atoms with Crippen molar-refractivity contribution in [3.63, 3.8) is 0 Å². The molecule has 0 aliphatic carbocycles. The smallest absolute Gasteiger partial charge is 0.188 e. The van der Waals surface area contributed by atoms with E-state index in [0.717, 1.165) is 0 Å². The van der Waals surface area contributed by atoms with Crippen molar-refractivity contribution in [1.82, 2.24) is 4.98 Å². The molecule has 0 fully saturated rings. The summed E-state index contributed by atoms with van der Waals surface area (Å²) in [5, 5.41) is 15.2. The molecule has 1 aromatic heterocycles. The number of rotatable bonds is 2. The van der Waals surface area contributed by atoms with E-state index in [-0.39, 0.29) is 0 Å². The average molecular weight is 270 g/mol. The van der Waals surface area contributed by atoms with Crippen LogP contribution < -0.4 is 5.32 Å². The molecule has 0 radical (unpaired) electrons. The third kappa shape index (κ3) is 2.45. The monoisotopic (exact) mass is 269 g/mol. The lowest BCUT2D eigenvalue weighted by Gasteiger charge is -2.04. The second-order valence-corrected chi connectivity index (χ2v) is 4.58. The maximum absolute atomic E-state index is 8.92. The van der Waals surface area contributed by atoms with E-state index in [0.29, 0.717) is 26.6 Å². The molecule has 6 heteroatoms. The van der Waals surface area contributed by atoms with Crippen LogP contribution >= 0.6 is 34.5 Å². The van der Waals surface area contributed by atoms with E-state index in [2.05, 4.69) is 16.4 Å². The van der Waals surface area contributed by atoms with Gasteiger partial charge in [-0.2, -0.15) is 5.26 Å². The van der Waals surface area contributed by atoms with Crippen LogP contribution in [0.4, 0.5) is 10.8 Å². The van der Waals surface area contributed by atoms with Crippen molar-refractivity contribution in [3.05, 3.63) is 39.3 Å². The highest BCUT2D eigenvalue weighted by atomic mass is 35.5. The molecule has 16 heavy (non-hydrogen) atoms. The number of nitrogens with one attached hydrogen (secondary N) is 1. The Morgan fingerprint density at radius 3 is 2.81 bits per heavy atom. The molecule has 1 aromatic carbocycles. The highest BCUT2D eigenvalue weighted by Crippen LogP contribution is 2.27. The molecule has 0 amide bonds. The molecule has 0 bridgehead atoms. The van der Waals surface area contributed by atoms with Gasteiger partial charge in [-0.1, -0.05) is 23.2 Å². The molecule has 0 saturated heterocycles. The number of benzene rings is 1. The maximum Gasteiger partial charge on any atom is 0.188 e. The molecule has 1 N–H and O–H groups in total. The van der Waals surface area contributed by atoms with Gasteiger partial charge in [0.1, 0.15) is 11.2 Å². The Bertz CT molecular complexity index is 559. The summed E-state index contributed by atoms with van der Waals surface area (Å²) in [7, 11) is 0. The van der Waals surface area contributed by atoms with Crippen LogP contribution in [0.3, 0.4) is 0 Å². The fourth-order valence-corrected chi connectivity index (χ4v) is 2.17. The van der Waals surface area contributed by atoms with Crippen molar-refractivity contribution in [2.24, 2.45) is 0 Å². The predicted molar refractivity (Wildman–Crippen MR) is 66.6 cm³/mol. The zero-order chi connectivity index (χ0) is 11.5. The molecule has 0 spiro atoms. The van der Waals surface area contributed by atoms with Crippen molar-refractivity contribution < 1.29 is 0 Å². The Morgan fingerprint density at radius 1 is 1.38 bits per heavy atom. The van der Waals surface area contributed by atoms with Gasteiger partial charge in [0.05, 0.1) is 11.3 Å². The number of hydrogen-bond acceptors (Lipinski definition) is 4. The largest absolute Gasteiger partial charge is 0.330 e. The Hall–Kier alpha value is -1.28. The van der Waals surface area contributed by atoms with E-state index < -0.39 is 0 Å². The van der Waals surface area contributed by atoms with Crippen LogP contribution in [-0.4, -0.2) is 4.98 Å². The minimum absolute atomic E-state index is 0.424. The summed E-state index contributed by atoms with van der Waals surface area (Å²) in [4.78, 5) is 4.03. The van der Waals surface area contributed by atoms with Crippen molar-refractivity contribution in [2.45, 2.75) is 0 Å². The Morgan fingerprint density at radius 2 is 2.19 bits per heavy atom. The van der Waals surface area contributed by atoms with Gasteiger partial charge in [0.15, 0.2) is 5.13 Å². The molecule has 0 aliphatic rings. The number of hydrogen-bond donors (Lipinski definition) is 1. The van der Waals surface area contributed by atoms with Gasteiger partial charge >= 0.3 is 0 Å². The summed E-state index contributed by atoms with van der Waals surface area (Å²) in [6.07, 6.45) is 0. The summed E-state index contributed by atoms with van der Waals surface area (Å²) in [5.41, 5.74) is 1.14. The van der Waals surface area contributed by atoms with Crippen molar-refractivity contribution in [2.75, 3.05) is 5.32 Å². The molecule has 1 heterocycles. The summed E-state index contributed by atoms with van der Waals surface area (Å²) in [6.45, 7) is 0. The summed E-state index contributed by atoms with van der Waals surface area (Å²) in [6, 6.07) is 7.07. The fraction of sp³-hybridized carbons (Fsp3) is 0. The number of aromatic nitrogens is 1. The van der Waals surface area contributed by atoms with Gasteiger partial charge < -0.3 is 5.32 Å². The SMILES string of the molecule is N#Cc1ccc(Cl)cc1Nc1nc(Cl)cs1. The van der Waals surface area contributed by atoms with E-state index >= 15 is 0 Å². The molecule has 2 rings (SSSR count). The molecule has 0 aliphatic heterocycles. The highest BCUT2D eigenvalue weighted by molar-refractivity contribution is 7.14. The van der Waals surface area contributed by atoms with Crippen molar-refractivity contribution >= 4 is 45.4 Å². The van der Waals surface area contributed by atoms with Gasteiger partial charge in [-0.3, -0.25) is 0 Å². The third-order valence-corrected chi connectivity index (χ3v) is 3.14. The zero-order valence-corrected chi connectivity index (χ0v) is 10.2. The van der Waals surface area contributed by atoms with Crippen LogP contribution in [-0.2, 0) is 0 Å². The van der Waals surface area contributed by atoms with E-state index in [1.807, 2.05) is 0 Å². The van der Waals surface area contributed by atoms with E-state index in [1.54, 1.807) is 23.6 Å². The molecule has 0 atom stereocenters. The van der Waals surface area contributed by atoms with Gasteiger partial charge in [0.2, 0.25) is 0 Å². The van der Waals surface area contributed by atoms with Gasteiger partial charge in [-0.15, -0.1) is 11.3 Å². The number of halogens is 2. The summed E-state index contributed by atoms with van der Waals surface area (Å²) >= 11 is 12.9. The zero-order valence-electron chi connectivity index (χ0n) is 7.87. The van der Waals surface area contributed by atoms with E-state index in [9.17, 15) is 0 Å². The van der Waals surface area contributed by atoms with Gasteiger partial charge in [0.25, 0.3) is 0 Å². The first-order chi connectivity index (χ1) is 7.69. The maximum atomic E-state index is 8.92. The third-order valence-electron chi connectivity index (χ3n) is 1.82. The summed E-state index contributed by atoms with van der Waals surface area (Å²) in [5.74, 6) is 0. The minimum Gasteiger partial charge on any atom is -0.330 e. The van der Waals surface area contributed by atoms with Gasteiger partial charge in [-0.05, 0) is 18.2 Å². The highest BCUT2D eigenvalue weighted by Gasteiger charge is 2.05. The lowest BCUT2D eigenvalue weighted by atomic mass is 10.2. The molecular formula is C10H5Cl2N3S. The molecule has 0 unspecified atom stereocenters. The predicted octanol–water partition coefficient (Wildman–Crippen LogP) is 4.07. The molecule has 2 aromatic rings. The number of nitriles is 1. The van der Waals surface area contributed by atoms with E-state index in [4.69, 9.17) is 28.5 Å². The molecule has 0 saturated carbocycles. The Kier molecular flexibility index (Phi) is 3.30. The standard InChI is InChI=1S/C10H5Cl2N3S/c11-7-2-1-6(4-13)8(3-7)14-10-15-9(12)5-16-10/h1-3,5H,(H,14,15). The number of nitrogens with zero attached hydrogens (tertiary/aromatic N) is 2. The average Bonchev–Trinajstić information content (AvgIpc) is 2.64. The normalized spacial score (nSPS) is 9.81. The Balaban J connectivity index is 2.34. The van der Waals surface area contributed by atoms with Crippen LogP contribution in [0, 0.1) is 11.3 Å². The quantitative estimate of drug-likeness (QED) is 0.894. The Labute approximate surface area is 106 Å². The first-order valence-corrected chi connectivity index (χ1v) is 5.90.